The Bertz CT molecular complexity index is 1250. The molecule has 4 fully saturated rings. The number of ketones is 1. The number of nitrogens with zero attached hydrogens (tertiary/aromatic N) is 3. The molecule has 0 amide bonds. The Balaban J connectivity index is 1.31. The second kappa shape index (κ2) is 8.86. The maximum atomic E-state index is 13.7. The van der Waals surface area contributed by atoms with Crippen molar-refractivity contribution in [2.24, 2.45) is 23.2 Å². The minimum Gasteiger partial charge on any atom is -0.298 e. The molecule has 0 N–H and O–H groups in total. The molecule has 0 spiro atoms. The Morgan fingerprint density at radius 2 is 1.56 bits per heavy atom. The minimum atomic E-state index is -0.0686. The third kappa shape index (κ3) is 4.23. The maximum absolute atomic E-state index is 13.7. The molecular weight excluding hydrogens is 462 g/mol. The highest BCUT2D eigenvalue weighted by atomic mass is 32.2. The zero-order chi connectivity index (χ0) is 25.1. The molecule has 4 bridgehead atoms. The van der Waals surface area contributed by atoms with Gasteiger partial charge in [-0.1, -0.05) is 75.0 Å². The summed E-state index contributed by atoms with van der Waals surface area (Å²) in [5.74, 6) is 4.10. The average Bonchev–Trinajstić information content (AvgIpc) is 3.25. The number of para-hydroxylation sites is 1. The van der Waals surface area contributed by atoms with Crippen molar-refractivity contribution in [2.45, 2.75) is 76.8 Å². The van der Waals surface area contributed by atoms with E-state index in [1.807, 2.05) is 0 Å². The fourth-order valence-corrected chi connectivity index (χ4v) is 8.42. The smallest absolute Gasteiger partial charge is 0.196 e. The van der Waals surface area contributed by atoms with Crippen LogP contribution in [-0.4, -0.2) is 26.3 Å². The van der Waals surface area contributed by atoms with E-state index in [1.165, 1.54) is 30.4 Å². The Kier molecular flexibility index (Phi) is 5.90. The summed E-state index contributed by atoms with van der Waals surface area (Å²) in [5, 5.41) is 10.1. The van der Waals surface area contributed by atoms with Crippen LogP contribution in [0.3, 0.4) is 0 Å². The van der Waals surface area contributed by atoms with Crippen LogP contribution in [0.1, 0.15) is 70.4 Å². The molecule has 1 heterocycles. The van der Waals surface area contributed by atoms with Crippen LogP contribution in [-0.2, 0) is 10.2 Å². The van der Waals surface area contributed by atoms with Crippen molar-refractivity contribution in [1.82, 2.24) is 14.8 Å². The molecule has 7 rings (SSSR count). The molecule has 1 aromatic heterocycles. The molecule has 4 nitrogen and oxygen atoms in total. The largest absolute Gasteiger partial charge is 0.298 e. The monoisotopic (exact) mass is 499 g/mol. The third-order valence-electron chi connectivity index (χ3n) is 8.96. The molecule has 5 heteroatoms. The van der Waals surface area contributed by atoms with Crippen molar-refractivity contribution < 1.29 is 4.79 Å². The number of hydrogen-bond acceptors (Lipinski definition) is 4. The fraction of sp³-hybridized carbons (Fsp3) is 0.516. The number of carbonyl (C=O) groups is 1. The van der Waals surface area contributed by atoms with Gasteiger partial charge in [-0.25, -0.2) is 0 Å². The van der Waals surface area contributed by atoms with Crippen molar-refractivity contribution in [3.63, 3.8) is 0 Å². The van der Waals surface area contributed by atoms with Gasteiger partial charge in [-0.15, -0.1) is 10.2 Å². The molecule has 0 atom stereocenters. The molecule has 4 saturated carbocycles. The number of aryl methyl sites for hydroxylation is 1. The van der Waals surface area contributed by atoms with Crippen molar-refractivity contribution in [2.75, 3.05) is 5.75 Å². The Morgan fingerprint density at radius 3 is 2.14 bits per heavy atom. The van der Waals surface area contributed by atoms with Gasteiger partial charge in [0.25, 0.3) is 0 Å². The van der Waals surface area contributed by atoms with Crippen molar-refractivity contribution in [1.29, 1.82) is 0 Å². The quantitative estimate of drug-likeness (QED) is 0.331. The highest BCUT2D eigenvalue weighted by Crippen LogP contribution is 2.60. The molecule has 0 unspecified atom stereocenters. The normalized spacial score (nSPS) is 26.9. The number of benzene rings is 2. The van der Waals surface area contributed by atoms with E-state index in [0.29, 0.717) is 11.5 Å². The first-order chi connectivity index (χ1) is 17.2. The fourth-order valence-electron chi connectivity index (χ4n) is 7.44. The maximum Gasteiger partial charge on any atom is 0.196 e. The average molecular weight is 500 g/mol. The van der Waals surface area contributed by atoms with Crippen LogP contribution in [0.15, 0.2) is 53.7 Å². The Labute approximate surface area is 219 Å². The summed E-state index contributed by atoms with van der Waals surface area (Å²) < 4.78 is 2.15. The summed E-state index contributed by atoms with van der Waals surface area (Å²) in [6.07, 6.45) is 7.44. The molecule has 0 aliphatic heterocycles. The van der Waals surface area contributed by atoms with Crippen LogP contribution in [0.4, 0.5) is 0 Å². The van der Waals surface area contributed by atoms with E-state index in [4.69, 9.17) is 0 Å². The molecule has 36 heavy (non-hydrogen) atoms. The number of Topliss-reactive ketones (excluding diaryl/α,β-unsaturated/α-hetero) is 1. The van der Waals surface area contributed by atoms with Gasteiger partial charge in [-0.05, 0) is 85.8 Å². The van der Waals surface area contributed by atoms with Gasteiger partial charge >= 0.3 is 0 Å². The first kappa shape index (κ1) is 24.0. The number of rotatable bonds is 6. The van der Waals surface area contributed by atoms with Crippen LogP contribution in [0.25, 0.3) is 17.1 Å². The van der Waals surface area contributed by atoms with E-state index in [0.717, 1.165) is 59.2 Å². The van der Waals surface area contributed by atoms with Gasteiger partial charge < -0.3 is 0 Å². The number of carbonyl (C=O) groups excluding carboxylic acids is 1. The highest BCUT2D eigenvalue weighted by molar-refractivity contribution is 7.99. The summed E-state index contributed by atoms with van der Waals surface area (Å²) in [6, 6.07) is 17.0. The molecule has 0 saturated heterocycles. The number of thioether (sulfide) groups is 1. The van der Waals surface area contributed by atoms with Crippen molar-refractivity contribution in [3.05, 3.63) is 59.7 Å². The lowest BCUT2D eigenvalue weighted by Crippen LogP contribution is -2.50. The second-order valence-electron chi connectivity index (χ2n) is 12.7. The van der Waals surface area contributed by atoms with E-state index in [2.05, 4.69) is 91.0 Å². The molecular formula is C31H37N3OS. The predicted molar refractivity (Wildman–Crippen MR) is 147 cm³/mol. The van der Waals surface area contributed by atoms with Crippen molar-refractivity contribution in [3.8, 4) is 17.1 Å². The third-order valence-corrected chi connectivity index (χ3v) is 9.89. The Hall–Kier alpha value is -2.40. The summed E-state index contributed by atoms with van der Waals surface area (Å²) >= 11 is 1.57. The minimum absolute atomic E-state index is 0.0686. The summed E-state index contributed by atoms with van der Waals surface area (Å²) in [7, 11) is 0. The van der Waals surface area contributed by atoms with E-state index < -0.39 is 0 Å². The van der Waals surface area contributed by atoms with E-state index in [9.17, 15) is 4.79 Å². The van der Waals surface area contributed by atoms with Gasteiger partial charge in [-0.3, -0.25) is 9.36 Å². The molecule has 2 aromatic carbocycles. The van der Waals surface area contributed by atoms with Gasteiger partial charge in [0.15, 0.2) is 11.0 Å². The van der Waals surface area contributed by atoms with E-state index in [1.54, 1.807) is 11.8 Å². The molecule has 4 aliphatic rings. The SMILES string of the molecule is Cc1ccccc1-n1c(SCC(=O)C23CC4CC(CC(C4)C2)C3)nnc1-c1ccc(C(C)(C)C)cc1. The molecule has 188 valence electrons. The number of hydrogen-bond donors (Lipinski definition) is 0. The lowest BCUT2D eigenvalue weighted by molar-refractivity contribution is -0.141. The predicted octanol–water partition coefficient (Wildman–Crippen LogP) is 7.42. The first-order valence-electron chi connectivity index (χ1n) is 13.5. The van der Waals surface area contributed by atoms with Crippen LogP contribution in [0.5, 0.6) is 0 Å². The molecule has 0 radical (unpaired) electrons. The summed E-state index contributed by atoms with van der Waals surface area (Å²) in [6.45, 7) is 8.81. The molecule has 4 aliphatic carbocycles. The zero-order valence-electron chi connectivity index (χ0n) is 22.0. The van der Waals surface area contributed by atoms with Crippen LogP contribution < -0.4 is 0 Å². The second-order valence-corrected chi connectivity index (χ2v) is 13.6. The van der Waals surface area contributed by atoms with Gasteiger partial charge in [0.2, 0.25) is 0 Å². The van der Waals surface area contributed by atoms with E-state index in [-0.39, 0.29) is 10.8 Å². The molecule has 3 aromatic rings. The van der Waals surface area contributed by atoms with Crippen LogP contribution in [0, 0.1) is 30.1 Å². The zero-order valence-corrected chi connectivity index (χ0v) is 22.8. The van der Waals surface area contributed by atoms with Gasteiger partial charge in [0.1, 0.15) is 5.78 Å². The Morgan fingerprint density at radius 1 is 0.944 bits per heavy atom. The van der Waals surface area contributed by atoms with Gasteiger partial charge in [0, 0.05) is 11.0 Å². The van der Waals surface area contributed by atoms with Crippen molar-refractivity contribution >= 4 is 17.5 Å². The van der Waals surface area contributed by atoms with Gasteiger partial charge in [-0.2, -0.15) is 0 Å². The van der Waals surface area contributed by atoms with E-state index >= 15 is 0 Å². The van der Waals surface area contributed by atoms with Crippen LogP contribution >= 0.6 is 11.8 Å². The topological polar surface area (TPSA) is 47.8 Å². The first-order valence-corrected chi connectivity index (χ1v) is 14.5. The summed E-state index contributed by atoms with van der Waals surface area (Å²) in [5.41, 5.74) is 4.60. The summed E-state index contributed by atoms with van der Waals surface area (Å²) in [4.78, 5) is 13.7. The van der Waals surface area contributed by atoms with Crippen LogP contribution in [0.2, 0.25) is 0 Å². The highest BCUT2D eigenvalue weighted by Gasteiger charge is 2.54. The number of aromatic nitrogens is 3. The lowest BCUT2D eigenvalue weighted by atomic mass is 9.48. The standard InChI is InChI=1S/C31H37N3OS/c1-20-7-5-6-8-26(20)34-28(24-9-11-25(12-10-24)30(2,3)4)32-33-29(34)36-19-27(35)31-16-21-13-22(17-31)15-23(14-21)18-31/h5-12,21-23H,13-19H2,1-4H3. The van der Waals surface area contributed by atoms with Gasteiger partial charge in [0.05, 0.1) is 11.4 Å². The lowest BCUT2D eigenvalue weighted by Gasteiger charge is -2.56.